The van der Waals surface area contributed by atoms with E-state index in [0.29, 0.717) is 48.2 Å². The van der Waals surface area contributed by atoms with Crippen LogP contribution in [0.25, 0.3) is 16.6 Å². The fraction of sp³-hybridized carbons (Fsp3) is 0.304. The first-order chi connectivity index (χ1) is 15.5. The van der Waals surface area contributed by atoms with Crippen LogP contribution in [0.3, 0.4) is 0 Å². The number of benzene rings is 1. The van der Waals surface area contributed by atoms with Crippen LogP contribution in [-0.4, -0.2) is 49.8 Å². The molecule has 0 fully saturated rings. The number of ether oxygens (including phenoxy) is 1. The average Bonchev–Trinajstić information content (AvgIpc) is 3.13. The minimum atomic E-state index is -0.436. The number of halogens is 1. The molecule has 1 N–H and O–H groups in total. The highest BCUT2D eigenvalue weighted by atomic mass is 19.1. The van der Waals surface area contributed by atoms with Crippen molar-refractivity contribution in [3.05, 3.63) is 65.5 Å². The standard InChI is InChI=1S/C23H25FN6O2/c1-4-32-18-7-8-20(19(24)12-18)30-16(3)21-15(2)26-27-23(22(21)28-30)29(10-11-31)14-17-6-5-9-25-13-17/h5-9,12-13,31H,4,10-11,14H2,1-3H3. The molecule has 9 heteroatoms. The third kappa shape index (κ3) is 4.11. The van der Waals surface area contributed by atoms with Crippen molar-refractivity contribution in [3.63, 3.8) is 0 Å². The summed E-state index contributed by atoms with van der Waals surface area (Å²) in [5.41, 5.74) is 3.32. The summed E-state index contributed by atoms with van der Waals surface area (Å²) in [6.45, 7) is 6.79. The first-order valence-electron chi connectivity index (χ1n) is 10.4. The zero-order chi connectivity index (χ0) is 22.7. The number of pyridine rings is 1. The third-order valence-electron chi connectivity index (χ3n) is 5.21. The van der Waals surface area contributed by atoms with Gasteiger partial charge in [0.2, 0.25) is 0 Å². The Bertz CT molecular complexity index is 1230. The lowest BCUT2D eigenvalue weighted by molar-refractivity contribution is 0.301. The number of nitrogens with zero attached hydrogens (tertiary/aromatic N) is 6. The summed E-state index contributed by atoms with van der Waals surface area (Å²) in [5.74, 6) is 0.556. The second-order valence-electron chi connectivity index (χ2n) is 7.38. The molecule has 3 aromatic heterocycles. The zero-order valence-corrected chi connectivity index (χ0v) is 18.3. The average molecular weight is 436 g/mol. The van der Waals surface area contributed by atoms with Gasteiger partial charge in [0, 0.05) is 31.5 Å². The highest BCUT2D eigenvalue weighted by molar-refractivity contribution is 5.92. The van der Waals surface area contributed by atoms with Crippen molar-refractivity contribution in [1.82, 2.24) is 25.0 Å². The Balaban J connectivity index is 1.83. The number of aliphatic hydroxyl groups excluding tert-OH is 1. The maximum atomic E-state index is 14.9. The normalized spacial score (nSPS) is 11.2. The summed E-state index contributed by atoms with van der Waals surface area (Å²) in [5, 5.41) is 23.9. The molecule has 0 aliphatic rings. The van der Waals surface area contributed by atoms with E-state index in [0.717, 1.165) is 16.6 Å². The Kier molecular flexibility index (Phi) is 6.27. The van der Waals surface area contributed by atoms with E-state index in [9.17, 15) is 9.50 Å². The van der Waals surface area contributed by atoms with Gasteiger partial charge in [-0.25, -0.2) is 9.07 Å². The Morgan fingerprint density at radius 1 is 1.19 bits per heavy atom. The minimum absolute atomic E-state index is 0.0650. The van der Waals surface area contributed by atoms with Crippen LogP contribution >= 0.6 is 0 Å². The number of aromatic nitrogens is 5. The first kappa shape index (κ1) is 21.6. The van der Waals surface area contributed by atoms with Gasteiger partial charge in [0.05, 0.1) is 30.0 Å². The van der Waals surface area contributed by atoms with Gasteiger partial charge in [0.25, 0.3) is 0 Å². The van der Waals surface area contributed by atoms with E-state index in [-0.39, 0.29) is 6.61 Å². The lowest BCUT2D eigenvalue weighted by Crippen LogP contribution is -2.27. The van der Waals surface area contributed by atoms with Crippen LogP contribution in [0.5, 0.6) is 5.75 Å². The summed E-state index contributed by atoms with van der Waals surface area (Å²) in [4.78, 5) is 6.06. The van der Waals surface area contributed by atoms with Crippen LogP contribution in [0.1, 0.15) is 23.9 Å². The molecule has 4 aromatic rings. The molecule has 0 atom stereocenters. The van der Waals surface area contributed by atoms with Crippen molar-refractivity contribution in [2.45, 2.75) is 27.3 Å². The molecule has 0 amide bonds. The monoisotopic (exact) mass is 436 g/mol. The Hall–Kier alpha value is -3.59. The van der Waals surface area contributed by atoms with Crippen molar-refractivity contribution in [1.29, 1.82) is 0 Å². The van der Waals surface area contributed by atoms with Crippen LogP contribution < -0.4 is 9.64 Å². The fourth-order valence-corrected chi connectivity index (χ4v) is 3.77. The van der Waals surface area contributed by atoms with Crippen molar-refractivity contribution in [2.75, 3.05) is 24.7 Å². The summed E-state index contributed by atoms with van der Waals surface area (Å²) in [6.07, 6.45) is 3.47. The molecule has 0 saturated carbocycles. The molecule has 0 aliphatic heterocycles. The quantitative estimate of drug-likeness (QED) is 0.453. The third-order valence-corrected chi connectivity index (χ3v) is 5.21. The number of aliphatic hydroxyl groups is 1. The van der Waals surface area contributed by atoms with Crippen LogP contribution in [-0.2, 0) is 6.54 Å². The van der Waals surface area contributed by atoms with Crippen molar-refractivity contribution < 1.29 is 14.2 Å². The number of rotatable bonds is 8. The number of fused-ring (bicyclic) bond motifs is 1. The van der Waals surface area contributed by atoms with Gasteiger partial charge in [0.1, 0.15) is 17.0 Å². The van der Waals surface area contributed by atoms with Crippen LogP contribution in [0.2, 0.25) is 0 Å². The second-order valence-corrected chi connectivity index (χ2v) is 7.38. The van der Waals surface area contributed by atoms with Gasteiger partial charge in [-0.1, -0.05) is 6.07 Å². The predicted molar refractivity (Wildman–Crippen MR) is 120 cm³/mol. The lowest BCUT2D eigenvalue weighted by atomic mass is 10.2. The molecule has 0 aliphatic carbocycles. The van der Waals surface area contributed by atoms with E-state index in [2.05, 4.69) is 15.2 Å². The molecule has 4 rings (SSSR count). The van der Waals surface area contributed by atoms with E-state index in [1.807, 2.05) is 37.8 Å². The predicted octanol–water partition coefficient (Wildman–Crippen LogP) is 3.36. The summed E-state index contributed by atoms with van der Waals surface area (Å²) < 4.78 is 21.9. The van der Waals surface area contributed by atoms with Gasteiger partial charge in [-0.2, -0.15) is 10.2 Å². The van der Waals surface area contributed by atoms with E-state index < -0.39 is 5.82 Å². The number of hydrogen-bond donors (Lipinski definition) is 1. The Labute approximate surface area is 185 Å². The minimum Gasteiger partial charge on any atom is -0.494 e. The SMILES string of the molecule is CCOc1ccc(-n2nc3c(N(CCO)Cc4cccnc4)nnc(C)c3c2C)c(F)c1. The molecule has 0 saturated heterocycles. The van der Waals surface area contributed by atoms with Crippen molar-refractivity contribution >= 4 is 16.7 Å². The van der Waals surface area contributed by atoms with E-state index >= 15 is 0 Å². The van der Waals surface area contributed by atoms with Crippen molar-refractivity contribution in [2.24, 2.45) is 0 Å². The van der Waals surface area contributed by atoms with Crippen molar-refractivity contribution in [3.8, 4) is 11.4 Å². The molecule has 3 heterocycles. The maximum Gasteiger partial charge on any atom is 0.180 e. The molecular formula is C23H25FN6O2. The molecule has 0 spiro atoms. The van der Waals surface area contributed by atoms with Crippen LogP contribution in [0, 0.1) is 19.7 Å². The smallest absolute Gasteiger partial charge is 0.180 e. The molecule has 0 radical (unpaired) electrons. The van der Waals surface area contributed by atoms with Gasteiger partial charge in [-0.05, 0) is 44.5 Å². The lowest BCUT2D eigenvalue weighted by Gasteiger charge is -2.22. The second kappa shape index (κ2) is 9.27. The molecule has 166 valence electrons. The molecule has 0 bridgehead atoms. The van der Waals surface area contributed by atoms with Crippen LogP contribution in [0.4, 0.5) is 10.2 Å². The highest BCUT2D eigenvalue weighted by Gasteiger charge is 2.22. The highest BCUT2D eigenvalue weighted by Crippen LogP contribution is 2.31. The molecule has 1 aromatic carbocycles. The number of hydrogen-bond acceptors (Lipinski definition) is 7. The first-order valence-corrected chi connectivity index (χ1v) is 10.4. The van der Waals surface area contributed by atoms with E-state index in [4.69, 9.17) is 9.84 Å². The number of aryl methyl sites for hydroxylation is 2. The summed E-state index contributed by atoms with van der Waals surface area (Å²) in [7, 11) is 0. The Morgan fingerprint density at radius 2 is 2.03 bits per heavy atom. The summed E-state index contributed by atoms with van der Waals surface area (Å²) >= 11 is 0. The summed E-state index contributed by atoms with van der Waals surface area (Å²) in [6, 6.07) is 8.54. The number of anilines is 1. The molecule has 8 nitrogen and oxygen atoms in total. The van der Waals surface area contributed by atoms with E-state index in [1.165, 1.54) is 6.07 Å². The topological polar surface area (TPSA) is 89.2 Å². The molecular weight excluding hydrogens is 411 g/mol. The van der Waals surface area contributed by atoms with Gasteiger partial charge < -0.3 is 14.7 Å². The van der Waals surface area contributed by atoms with E-state index in [1.54, 1.807) is 29.2 Å². The van der Waals surface area contributed by atoms with Gasteiger partial charge in [-0.3, -0.25) is 4.98 Å². The van der Waals surface area contributed by atoms with Gasteiger partial charge in [-0.15, -0.1) is 5.10 Å². The van der Waals surface area contributed by atoms with Gasteiger partial charge in [0.15, 0.2) is 11.6 Å². The maximum absolute atomic E-state index is 14.9. The largest absolute Gasteiger partial charge is 0.494 e. The Morgan fingerprint density at radius 3 is 2.72 bits per heavy atom. The molecule has 32 heavy (non-hydrogen) atoms. The van der Waals surface area contributed by atoms with Gasteiger partial charge >= 0.3 is 0 Å². The molecule has 0 unspecified atom stereocenters. The fourth-order valence-electron chi connectivity index (χ4n) is 3.77. The van der Waals surface area contributed by atoms with Crippen LogP contribution in [0.15, 0.2) is 42.7 Å². The zero-order valence-electron chi connectivity index (χ0n) is 18.3.